The molecule has 2 N–H and O–H groups in total. The summed E-state index contributed by atoms with van der Waals surface area (Å²) in [5, 5.41) is 0. The lowest BCUT2D eigenvalue weighted by Gasteiger charge is -2.32. The average Bonchev–Trinajstić information content (AvgIpc) is 3.25. The number of aromatic nitrogens is 2. The predicted octanol–water partition coefficient (Wildman–Crippen LogP) is 1.51. The van der Waals surface area contributed by atoms with E-state index in [0.29, 0.717) is 25.5 Å². The van der Waals surface area contributed by atoms with Crippen LogP contribution in [0.25, 0.3) is 0 Å². The number of anilines is 1. The van der Waals surface area contributed by atoms with Crippen molar-refractivity contribution in [2.75, 3.05) is 38.6 Å². The van der Waals surface area contributed by atoms with E-state index in [1.54, 1.807) is 31.3 Å². The molecular weight excluding hydrogens is 375 g/mol. The van der Waals surface area contributed by atoms with E-state index >= 15 is 0 Å². The maximum Gasteiger partial charge on any atom is 0.320 e. The summed E-state index contributed by atoms with van der Waals surface area (Å²) in [5.41, 5.74) is 6.22. The molecule has 0 bridgehead atoms. The number of carbonyl (C=O) groups excluding carboxylic acids is 2. The van der Waals surface area contributed by atoms with Crippen molar-refractivity contribution in [2.45, 2.75) is 6.04 Å². The maximum atomic E-state index is 13.9. The van der Waals surface area contributed by atoms with Crippen molar-refractivity contribution in [2.24, 2.45) is 17.6 Å². The van der Waals surface area contributed by atoms with Gasteiger partial charge in [-0.05, 0) is 17.7 Å². The minimum atomic E-state index is -0.626. The van der Waals surface area contributed by atoms with Gasteiger partial charge >= 0.3 is 6.03 Å². The minimum Gasteiger partial charge on any atom is -0.364 e. The van der Waals surface area contributed by atoms with E-state index in [9.17, 15) is 14.0 Å². The molecule has 1 aromatic carbocycles. The number of hydrogen-bond donors (Lipinski definition) is 1. The summed E-state index contributed by atoms with van der Waals surface area (Å²) in [6, 6.07) is 6.12. The van der Waals surface area contributed by atoms with Gasteiger partial charge in [0.25, 0.3) is 5.91 Å². The average molecular weight is 398 g/mol. The first-order chi connectivity index (χ1) is 13.8. The second-order valence-electron chi connectivity index (χ2n) is 7.78. The molecule has 4 rings (SSSR count). The Hall–Kier alpha value is -3.23. The van der Waals surface area contributed by atoms with E-state index in [-0.39, 0.29) is 35.4 Å². The summed E-state index contributed by atoms with van der Waals surface area (Å²) in [6.45, 7) is 1.87. The molecule has 3 amide bonds. The highest BCUT2D eigenvalue weighted by Gasteiger charge is 2.49. The molecule has 3 heterocycles. The van der Waals surface area contributed by atoms with Gasteiger partial charge in [0.15, 0.2) is 0 Å². The number of fused-ring (bicyclic) bond motifs is 1. The Balaban J connectivity index is 1.64. The van der Waals surface area contributed by atoms with Crippen LogP contribution >= 0.6 is 0 Å². The quantitative estimate of drug-likeness (QED) is 0.846. The van der Waals surface area contributed by atoms with Gasteiger partial charge in [-0.15, -0.1) is 0 Å². The number of rotatable bonds is 3. The van der Waals surface area contributed by atoms with Gasteiger partial charge in [0.2, 0.25) is 0 Å². The van der Waals surface area contributed by atoms with Gasteiger partial charge in [0.1, 0.15) is 17.3 Å². The Labute approximate surface area is 168 Å². The second-order valence-corrected chi connectivity index (χ2v) is 7.78. The van der Waals surface area contributed by atoms with Crippen molar-refractivity contribution in [1.82, 2.24) is 19.8 Å². The molecule has 2 saturated heterocycles. The molecule has 29 heavy (non-hydrogen) atoms. The highest BCUT2D eigenvalue weighted by atomic mass is 19.1. The van der Waals surface area contributed by atoms with Crippen molar-refractivity contribution < 1.29 is 14.0 Å². The van der Waals surface area contributed by atoms with Gasteiger partial charge in [-0.2, -0.15) is 0 Å². The first-order valence-corrected chi connectivity index (χ1v) is 9.45. The van der Waals surface area contributed by atoms with E-state index in [4.69, 9.17) is 5.73 Å². The van der Waals surface area contributed by atoms with E-state index in [1.807, 2.05) is 11.0 Å². The van der Waals surface area contributed by atoms with E-state index in [2.05, 4.69) is 14.9 Å². The van der Waals surface area contributed by atoms with Crippen LogP contribution in [0.2, 0.25) is 0 Å². The number of nitrogens with two attached hydrogens (primary N) is 1. The van der Waals surface area contributed by atoms with Gasteiger partial charge in [-0.1, -0.05) is 12.1 Å². The molecule has 2 fully saturated rings. The second kappa shape index (κ2) is 7.31. The number of halogens is 1. The van der Waals surface area contributed by atoms with Gasteiger partial charge in [-0.3, -0.25) is 9.78 Å². The summed E-state index contributed by atoms with van der Waals surface area (Å²) in [5.74, 6) is -0.0534. The molecule has 152 valence electrons. The molecule has 1 aromatic heterocycles. The molecule has 0 aliphatic carbocycles. The Kier molecular flexibility index (Phi) is 4.81. The fraction of sp³-hybridized carbons (Fsp3) is 0.400. The van der Waals surface area contributed by atoms with Crippen LogP contribution in [0.1, 0.15) is 22.1 Å². The molecule has 9 heteroatoms. The number of amides is 3. The molecule has 0 radical (unpaired) electrons. The number of hydrogen-bond acceptors (Lipinski definition) is 5. The largest absolute Gasteiger partial charge is 0.364 e. The highest BCUT2D eigenvalue weighted by molar-refractivity contribution is 5.90. The number of carbonyl (C=O) groups is 2. The monoisotopic (exact) mass is 398 g/mol. The van der Waals surface area contributed by atoms with Gasteiger partial charge in [0.05, 0.1) is 18.4 Å². The van der Waals surface area contributed by atoms with E-state index in [1.165, 1.54) is 18.3 Å². The standard InChI is InChI=1S/C20H23FN6O2/c1-25(2)20(29)27-10-13-9-26(17-8-23-7-16(24-17)19(22)28)11-15(13)18(27)12-4-3-5-14(21)6-12/h3-8,13,15,18H,9-11H2,1-2H3,(H2,22,28)/t13-,15-,18-/m1/s1. The smallest absolute Gasteiger partial charge is 0.320 e. The topological polar surface area (TPSA) is 95.7 Å². The Bertz CT molecular complexity index is 952. The van der Waals surface area contributed by atoms with Gasteiger partial charge in [0, 0.05) is 45.6 Å². The zero-order valence-electron chi connectivity index (χ0n) is 16.3. The Morgan fingerprint density at radius 2 is 2.00 bits per heavy atom. The zero-order chi connectivity index (χ0) is 20.7. The third-order valence-electron chi connectivity index (χ3n) is 5.68. The number of primary amides is 1. The molecule has 0 spiro atoms. The normalized spacial score (nSPS) is 23.2. The molecule has 2 aliphatic heterocycles. The predicted molar refractivity (Wildman–Crippen MR) is 105 cm³/mol. The third-order valence-corrected chi connectivity index (χ3v) is 5.68. The van der Waals surface area contributed by atoms with E-state index in [0.717, 1.165) is 5.56 Å². The first-order valence-electron chi connectivity index (χ1n) is 9.45. The summed E-state index contributed by atoms with van der Waals surface area (Å²) < 4.78 is 13.9. The maximum absolute atomic E-state index is 13.9. The van der Waals surface area contributed by atoms with Crippen molar-refractivity contribution >= 4 is 17.8 Å². The fourth-order valence-corrected chi connectivity index (χ4v) is 4.43. The number of nitrogens with zero attached hydrogens (tertiary/aromatic N) is 5. The van der Waals surface area contributed by atoms with Crippen molar-refractivity contribution in [3.05, 3.63) is 53.7 Å². The van der Waals surface area contributed by atoms with Crippen LogP contribution in [-0.4, -0.2) is 65.4 Å². The number of likely N-dealkylation sites (tertiary alicyclic amines) is 1. The van der Waals surface area contributed by atoms with Crippen molar-refractivity contribution in [3.8, 4) is 0 Å². The minimum absolute atomic E-state index is 0.0873. The molecule has 3 atom stereocenters. The van der Waals surface area contributed by atoms with E-state index < -0.39 is 5.91 Å². The molecular formula is C20H23FN6O2. The van der Waals surface area contributed by atoms with Gasteiger partial charge in [-0.25, -0.2) is 14.2 Å². The third kappa shape index (κ3) is 3.48. The van der Waals surface area contributed by atoms with Crippen LogP contribution in [0.3, 0.4) is 0 Å². The Morgan fingerprint density at radius 1 is 1.21 bits per heavy atom. The SMILES string of the molecule is CN(C)C(=O)N1C[C@H]2CN(c3cncc(C(N)=O)n3)C[C@H]2[C@H]1c1cccc(F)c1. The van der Waals surface area contributed by atoms with Crippen LogP contribution < -0.4 is 10.6 Å². The van der Waals surface area contributed by atoms with Crippen LogP contribution in [0.15, 0.2) is 36.7 Å². The summed E-state index contributed by atoms with van der Waals surface area (Å²) in [4.78, 5) is 38.0. The zero-order valence-corrected chi connectivity index (χ0v) is 16.3. The fourth-order valence-electron chi connectivity index (χ4n) is 4.43. The van der Waals surface area contributed by atoms with Gasteiger partial charge < -0.3 is 20.4 Å². The van der Waals surface area contributed by atoms with Crippen LogP contribution in [0.5, 0.6) is 0 Å². The molecule has 2 aromatic rings. The number of benzene rings is 1. The van der Waals surface area contributed by atoms with Crippen molar-refractivity contribution in [3.63, 3.8) is 0 Å². The Morgan fingerprint density at radius 3 is 2.69 bits per heavy atom. The first kappa shape index (κ1) is 19.1. The van der Waals surface area contributed by atoms with Crippen molar-refractivity contribution in [1.29, 1.82) is 0 Å². The summed E-state index contributed by atoms with van der Waals surface area (Å²) >= 11 is 0. The van der Waals surface area contributed by atoms with Crippen LogP contribution in [0.4, 0.5) is 15.0 Å². The molecule has 0 unspecified atom stereocenters. The number of urea groups is 1. The molecule has 0 saturated carbocycles. The van der Waals surface area contributed by atoms with Crippen LogP contribution in [-0.2, 0) is 0 Å². The lowest BCUT2D eigenvalue weighted by molar-refractivity contribution is 0.0995. The highest BCUT2D eigenvalue weighted by Crippen LogP contribution is 2.46. The van der Waals surface area contributed by atoms with Crippen LogP contribution in [0, 0.1) is 17.7 Å². The lowest BCUT2D eigenvalue weighted by Crippen LogP contribution is -2.41. The molecule has 8 nitrogen and oxygen atoms in total. The lowest BCUT2D eigenvalue weighted by atomic mass is 9.89. The summed E-state index contributed by atoms with van der Waals surface area (Å²) in [7, 11) is 3.44. The molecule has 2 aliphatic rings. The summed E-state index contributed by atoms with van der Waals surface area (Å²) in [6.07, 6.45) is 2.95.